The number of aromatic nitrogens is 1. The van der Waals surface area contributed by atoms with E-state index in [-0.39, 0.29) is 35.7 Å². The van der Waals surface area contributed by atoms with E-state index in [0.717, 1.165) is 36.2 Å². The van der Waals surface area contributed by atoms with Gasteiger partial charge in [-0.15, -0.1) is 0 Å². The average molecular weight is 592 g/mol. The standard InChI is InChI=1S/C30H29N3O6S2/c1-2-39-29(37)19-11-13-20(14-12-19)33-26(35)23-22(18-9-5-3-6-10-18)25-28(40-24(23)27(33)36)32(30(38)41-25)17-21(34)31-15-7-4-8-16-31/h3,5-6,9-14,22-24H,2,4,7-8,15-17H2,1H3/t22-,23-,24+/m0/s1. The van der Waals surface area contributed by atoms with E-state index in [1.54, 1.807) is 36.1 Å². The molecule has 4 heterocycles. The molecule has 212 valence electrons. The van der Waals surface area contributed by atoms with Gasteiger partial charge in [0.2, 0.25) is 17.7 Å². The van der Waals surface area contributed by atoms with Gasteiger partial charge in [-0.3, -0.25) is 23.7 Å². The molecule has 0 N–H and O–H groups in total. The Labute approximate surface area is 245 Å². The maximum atomic E-state index is 14.0. The Hall–Kier alpha value is -3.70. The van der Waals surface area contributed by atoms with Gasteiger partial charge in [-0.2, -0.15) is 0 Å². The Balaban J connectivity index is 1.37. The molecule has 0 unspecified atom stereocenters. The maximum Gasteiger partial charge on any atom is 0.338 e. The van der Waals surface area contributed by atoms with Gasteiger partial charge in [-0.25, -0.2) is 9.69 Å². The van der Waals surface area contributed by atoms with Crippen LogP contribution in [-0.4, -0.2) is 58.1 Å². The first-order valence-corrected chi connectivity index (χ1v) is 15.5. The van der Waals surface area contributed by atoms with Crippen molar-refractivity contribution in [2.45, 2.75) is 48.9 Å². The van der Waals surface area contributed by atoms with Crippen LogP contribution >= 0.6 is 23.1 Å². The van der Waals surface area contributed by atoms with Crippen LogP contribution in [0.15, 0.2) is 64.4 Å². The lowest BCUT2D eigenvalue weighted by atomic mass is 9.83. The Morgan fingerprint density at radius 3 is 2.32 bits per heavy atom. The van der Waals surface area contributed by atoms with Gasteiger partial charge in [0.1, 0.15) is 11.8 Å². The average Bonchev–Trinajstić information content (AvgIpc) is 3.44. The fraction of sp³-hybridized carbons (Fsp3) is 0.367. The second-order valence-corrected chi connectivity index (χ2v) is 12.4. The molecule has 0 radical (unpaired) electrons. The zero-order chi connectivity index (χ0) is 28.7. The molecule has 2 fully saturated rings. The SMILES string of the molecule is CCOC(=O)c1ccc(N2C(=O)[C@H]3[C@H](c4ccccc4)c4sc(=O)n(CC(=O)N5CCCCC5)c4S[C@H]3C2=O)cc1. The molecule has 3 aliphatic rings. The maximum absolute atomic E-state index is 14.0. The lowest BCUT2D eigenvalue weighted by Crippen LogP contribution is -2.39. The molecule has 2 saturated heterocycles. The number of hydrogen-bond acceptors (Lipinski definition) is 8. The largest absolute Gasteiger partial charge is 0.462 e. The molecule has 2 aromatic carbocycles. The molecule has 6 rings (SSSR count). The number of anilines is 1. The zero-order valence-electron chi connectivity index (χ0n) is 22.5. The number of fused-ring (bicyclic) bond motifs is 2. The van der Waals surface area contributed by atoms with Crippen molar-refractivity contribution in [1.82, 2.24) is 9.47 Å². The number of ether oxygens (including phenoxy) is 1. The summed E-state index contributed by atoms with van der Waals surface area (Å²) in [4.78, 5) is 69.9. The van der Waals surface area contributed by atoms with Crippen molar-refractivity contribution in [3.63, 3.8) is 0 Å². The van der Waals surface area contributed by atoms with Gasteiger partial charge in [0.15, 0.2) is 0 Å². The van der Waals surface area contributed by atoms with Gasteiger partial charge in [0.25, 0.3) is 0 Å². The third-order valence-corrected chi connectivity index (χ3v) is 10.5. The molecule has 3 atom stereocenters. The number of benzene rings is 2. The van der Waals surface area contributed by atoms with E-state index in [4.69, 9.17) is 4.74 Å². The van der Waals surface area contributed by atoms with Gasteiger partial charge in [0.05, 0.1) is 28.8 Å². The number of likely N-dealkylation sites (tertiary alicyclic amines) is 1. The van der Waals surface area contributed by atoms with Crippen molar-refractivity contribution >= 4 is 52.5 Å². The van der Waals surface area contributed by atoms with Crippen LogP contribution in [0.5, 0.6) is 0 Å². The summed E-state index contributed by atoms with van der Waals surface area (Å²) >= 11 is 2.25. The number of carbonyl (C=O) groups excluding carboxylic acids is 4. The first-order valence-electron chi connectivity index (χ1n) is 13.8. The summed E-state index contributed by atoms with van der Waals surface area (Å²) in [5, 5.41) is -0.184. The van der Waals surface area contributed by atoms with E-state index in [9.17, 15) is 24.0 Å². The monoisotopic (exact) mass is 591 g/mol. The van der Waals surface area contributed by atoms with Gasteiger partial charge in [0, 0.05) is 23.9 Å². The fourth-order valence-corrected chi connectivity index (χ4v) is 8.64. The zero-order valence-corrected chi connectivity index (χ0v) is 24.1. The van der Waals surface area contributed by atoms with Crippen LogP contribution < -0.4 is 9.77 Å². The highest BCUT2D eigenvalue weighted by molar-refractivity contribution is 8.00. The molecule has 9 nitrogen and oxygen atoms in total. The van der Waals surface area contributed by atoms with E-state index < -0.39 is 23.1 Å². The number of hydrogen-bond donors (Lipinski definition) is 0. The molecule has 0 spiro atoms. The van der Waals surface area contributed by atoms with Crippen molar-refractivity contribution in [2.24, 2.45) is 5.92 Å². The minimum Gasteiger partial charge on any atom is -0.462 e. The lowest BCUT2D eigenvalue weighted by Gasteiger charge is -2.31. The van der Waals surface area contributed by atoms with Crippen molar-refractivity contribution in [3.05, 3.63) is 80.3 Å². The van der Waals surface area contributed by atoms with Crippen molar-refractivity contribution < 1.29 is 23.9 Å². The molecule has 0 aliphatic carbocycles. The number of imide groups is 1. The molecule has 0 bridgehead atoms. The van der Waals surface area contributed by atoms with E-state index >= 15 is 0 Å². The van der Waals surface area contributed by atoms with Gasteiger partial charge in [-0.1, -0.05) is 53.4 Å². The quantitative estimate of drug-likeness (QED) is 0.316. The summed E-state index contributed by atoms with van der Waals surface area (Å²) in [6, 6.07) is 15.7. The second kappa shape index (κ2) is 11.3. The summed E-state index contributed by atoms with van der Waals surface area (Å²) in [6.45, 7) is 3.24. The Bertz CT molecular complexity index is 1560. The van der Waals surface area contributed by atoms with Crippen molar-refractivity contribution in [2.75, 3.05) is 24.6 Å². The molecule has 1 aromatic heterocycles. The van der Waals surface area contributed by atoms with Crippen LogP contribution in [0.3, 0.4) is 0 Å². The van der Waals surface area contributed by atoms with E-state index in [0.29, 0.717) is 34.2 Å². The fourth-order valence-electron chi connectivity index (χ4n) is 5.87. The summed E-state index contributed by atoms with van der Waals surface area (Å²) in [6.07, 6.45) is 2.99. The molecule has 11 heteroatoms. The van der Waals surface area contributed by atoms with Crippen LogP contribution in [0.2, 0.25) is 0 Å². The Kier molecular flexibility index (Phi) is 7.56. The highest BCUT2D eigenvalue weighted by Gasteiger charge is 2.56. The highest BCUT2D eigenvalue weighted by atomic mass is 32.2. The smallest absolute Gasteiger partial charge is 0.338 e. The number of rotatable bonds is 6. The highest BCUT2D eigenvalue weighted by Crippen LogP contribution is 2.53. The molecule has 3 amide bonds. The third kappa shape index (κ3) is 4.91. The van der Waals surface area contributed by atoms with Crippen LogP contribution in [-0.2, 0) is 25.7 Å². The molecular formula is C30H29N3O6S2. The van der Waals surface area contributed by atoms with Gasteiger partial charge in [-0.05, 0) is 56.0 Å². The number of amides is 3. The topological polar surface area (TPSA) is 106 Å². The van der Waals surface area contributed by atoms with Gasteiger partial charge >= 0.3 is 10.8 Å². The first kappa shape index (κ1) is 27.5. The molecule has 3 aromatic rings. The van der Waals surface area contributed by atoms with Crippen LogP contribution in [0.4, 0.5) is 5.69 Å². The number of carbonyl (C=O) groups is 4. The lowest BCUT2D eigenvalue weighted by molar-refractivity contribution is -0.133. The number of nitrogens with zero attached hydrogens (tertiary/aromatic N) is 3. The third-order valence-electron chi connectivity index (χ3n) is 7.85. The molecule has 0 saturated carbocycles. The molecule has 41 heavy (non-hydrogen) atoms. The van der Waals surface area contributed by atoms with Crippen LogP contribution in [0.1, 0.15) is 52.9 Å². The van der Waals surface area contributed by atoms with E-state index in [2.05, 4.69) is 0 Å². The minimum atomic E-state index is -0.768. The van der Waals surface area contributed by atoms with Crippen LogP contribution in [0.25, 0.3) is 0 Å². The number of esters is 1. The summed E-state index contributed by atoms with van der Waals surface area (Å²) in [7, 11) is 0. The summed E-state index contributed by atoms with van der Waals surface area (Å²) in [5.74, 6) is -2.56. The van der Waals surface area contributed by atoms with Crippen molar-refractivity contribution in [1.29, 1.82) is 0 Å². The summed E-state index contributed by atoms with van der Waals surface area (Å²) in [5.41, 5.74) is 1.53. The van der Waals surface area contributed by atoms with Crippen molar-refractivity contribution in [3.8, 4) is 0 Å². The summed E-state index contributed by atoms with van der Waals surface area (Å²) < 4.78 is 6.53. The normalized spacial score (nSPS) is 21.9. The number of piperidine rings is 1. The van der Waals surface area contributed by atoms with Gasteiger partial charge < -0.3 is 9.64 Å². The van der Waals surface area contributed by atoms with E-state index in [1.807, 2.05) is 30.3 Å². The Morgan fingerprint density at radius 2 is 1.63 bits per heavy atom. The predicted octanol–water partition coefficient (Wildman–Crippen LogP) is 3.89. The number of thiazole rings is 1. The minimum absolute atomic E-state index is 0.0856. The van der Waals surface area contributed by atoms with E-state index in [1.165, 1.54) is 21.2 Å². The van der Waals surface area contributed by atoms with Crippen LogP contribution in [0, 0.1) is 5.92 Å². The molecular weight excluding hydrogens is 562 g/mol. The first-order chi connectivity index (χ1) is 19.9. The number of thioether (sulfide) groups is 1. The predicted molar refractivity (Wildman–Crippen MR) is 155 cm³/mol. The molecule has 3 aliphatic heterocycles. The Morgan fingerprint density at radius 1 is 0.927 bits per heavy atom. The second-order valence-electron chi connectivity index (χ2n) is 10.3.